The van der Waals surface area contributed by atoms with Crippen molar-refractivity contribution >= 4 is 45.7 Å². The van der Waals surface area contributed by atoms with Crippen LogP contribution in [0.1, 0.15) is 43.4 Å². The lowest BCUT2D eigenvalue weighted by atomic mass is 9.95. The van der Waals surface area contributed by atoms with Crippen LogP contribution in [-0.2, 0) is 22.6 Å². The molecular formula is C36H44ClN7O3. The average molecular weight is 658 g/mol. The van der Waals surface area contributed by atoms with E-state index < -0.39 is 0 Å². The molecule has 3 saturated heterocycles. The van der Waals surface area contributed by atoms with E-state index in [9.17, 15) is 9.59 Å². The molecule has 10 nitrogen and oxygen atoms in total. The number of nitrogens with zero attached hydrogens (tertiary/aromatic N) is 7. The molecule has 0 saturated carbocycles. The summed E-state index contributed by atoms with van der Waals surface area (Å²) in [7, 11) is 5.42. The lowest BCUT2D eigenvalue weighted by Gasteiger charge is -2.35. The lowest BCUT2D eigenvalue weighted by Crippen LogP contribution is -2.44. The van der Waals surface area contributed by atoms with Crippen molar-refractivity contribution in [1.82, 2.24) is 24.7 Å². The predicted molar refractivity (Wildman–Crippen MR) is 185 cm³/mol. The summed E-state index contributed by atoms with van der Waals surface area (Å²) in [6, 6.07) is 12.9. The monoisotopic (exact) mass is 657 g/mol. The second-order valence-corrected chi connectivity index (χ2v) is 14.1. The third kappa shape index (κ3) is 6.13. The summed E-state index contributed by atoms with van der Waals surface area (Å²) in [5.74, 6) is 0.528. The molecule has 0 unspecified atom stereocenters. The van der Waals surface area contributed by atoms with E-state index in [2.05, 4.69) is 46.0 Å². The number of hydrogen-bond donors (Lipinski definition) is 0. The molecule has 47 heavy (non-hydrogen) atoms. The van der Waals surface area contributed by atoms with Crippen LogP contribution in [0.3, 0.4) is 0 Å². The minimum absolute atomic E-state index is 0.0809. The lowest BCUT2D eigenvalue weighted by molar-refractivity contribution is -0.126. The van der Waals surface area contributed by atoms with Gasteiger partial charge in [-0.2, -0.15) is 9.97 Å². The van der Waals surface area contributed by atoms with Crippen LogP contribution in [0, 0.1) is 0 Å². The fraction of sp³-hybridized carbons (Fsp3) is 0.500. The fourth-order valence-electron chi connectivity index (χ4n) is 7.98. The van der Waals surface area contributed by atoms with Crippen molar-refractivity contribution < 1.29 is 14.3 Å². The molecule has 3 fully saturated rings. The van der Waals surface area contributed by atoms with Crippen LogP contribution >= 0.6 is 11.6 Å². The molecule has 0 N–H and O–H groups in total. The van der Waals surface area contributed by atoms with Gasteiger partial charge >= 0.3 is 6.01 Å². The molecule has 4 aliphatic heterocycles. The molecule has 5 heterocycles. The molecular weight excluding hydrogens is 614 g/mol. The molecule has 2 aromatic carbocycles. The largest absolute Gasteiger partial charge is 0.461 e. The summed E-state index contributed by atoms with van der Waals surface area (Å²) in [5, 5.41) is 2.92. The number of benzene rings is 2. The Morgan fingerprint density at radius 2 is 1.79 bits per heavy atom. The van der Waals surface area contributed by atoms with Gasteiger partial charge in [0.25, 0.3) is 0 Å². The number of rotatable bonds is 8. The second kappa shape index (κ2) is 13.0. The number of hydrogen-bond acceptors (Lipinski definition) is 8. The molecule has 0 aliphatic carbocycles. The van der Waals surface area contributed by atoms with E-state index in [1.54, 1.807) is 14.1 Å². The molecule has 0 spiro atoms. The van der Waals surface area contributed by atoms with Crippen molar-refractivity contribution in [3.05, 3.63) is 64.8 Å². The smallest absolute Gasteiger partial charge is 0.318 e. The molecule has 0 bridgehead atoms. The van der Waals surface area contributed by atoms with E-state index in [1.165, 1.54) is 29.9 Å². The molecule has 2 amide bonds. The zero-order valence-corrected chi connectivity index (χ0v) is 28.4. The molecule has 7 rings (SSSR count). The first kappa shape index (κ1) is 31.7. The minimum atomic E-state index is -0.205. The van der Waals surface area contributed by atoms with Gasteiger partial charge in [0.2, 0.25) is 11.8 Å². The number of anilines is 2. The molecule has 248 valence electrons. The number of likely N-dealkylation sites (N-methyl/N-ethyl adjacent to an activating group) is 2. The van der Waals surface area contributed by atoms with Crippen molar-refractivity contribution in [2.24, 2.45) is 0 Å². The Labute approximate surface area is 281 Å². The van der Waals surface area contributed by atoms with E-state index in [0.29, 0.717) is 32.3 Å². The second-order valence-electron chi connectivity index (χ2n) is 13.7. The van der Waals surface area contributed by atoms with Gasteiger partial charge in [-0.3, -0.25) is 14.5 Å². The van der Waals surface area contributed by atoms with Crippen molar-refractivity contribution in [3.8, 4) is 6.01 Å². The summed E-state index contributed by atoms with van der Waals surface area (Å²) >= 11 is 6.74. The first-order valence-corrected chi connectivity index (χ1v) is 17.2. The fourth-order valence-corrected chi connectivity index (χ4v) is 8.26. The van der Waals surface area contributed by atoms with E-state index in [4.69, 9.17) is 26.3 Å². The highest BCUT2D eigenvalue weighted by molar-refractivity contribution is 6.36. The Hall–Kier alpha value is -3.89. The van der Waals surface area contributed by atoms with E-state index >= 15 is 0 Å². The first-order chi connectivity index (χ1) is 22.7. The van der Waals surface area contributed by atoms with Gasteiger partial charge in [0.15, 0.2) is 0 Å². The van der Waals surface area contributed by atoms with Crippen LogP contribution in [-0.4, -0.2) is 109 Å². The Balaban J connectivity index is 1.17. The zero-order valence-electron chi connectivity index (χ0n) is 27.6. The summed E-state index contributed by atoms with van der Waals surface area (Å²) < 4.78 is 6.54. The SMILES string of the molecule is CN(C)C(=O)/C=C/C(=O)N1CC[C@@H](N(C)c2nc(OCC34CCCN3CCC4)nc3c2CCN(c2cccc4cccc(Cl)c24)C3)C1. The zero-order chi connectivity index (χ0) is 32.7. The Kier molecular flexibility index (Phi) is 8.74. The van der Waals surface area contributed by atoms with E-state index in [0.717, 1.165) is 83.9 Å². The summed E-state index contributed by atoms with van der Waals surface area (Å²) in [4.78, 5) is 45.5. The van der Waals surface area contributed by atoms with Crippen LogP contribution in [0.15, 0.2) is 48.6 Å². The molecule has 4 aliphatic rings. The highest BCUT2D eigenvalue weighted by Crippen LogP contribution is 2.40. The van der Waals surface area contributed by atoms with Crippen molar-refractivity contribution in [3.63, 3.8) is 0 Å². The van der Waals surface area contributed by atoms with Crippen LogP contribution in [0.2, 0.25) is 5.02 Å². The van der Waals surface area contributed by atoms with E-state index in [1.807, 2.05) is 17.0 Å². The molecule has 11 heteroatoms. The number of aromatic nitrogens is 2. The number of likely N-dealkylation sites (tertiary alicyclic amines) is 1. The molecule has 3 aromatic rings. The maximum atomic E-state index is 12.9. The number of fused-ring (bicyclic) bond motifs is 3. The van der Waals surface area contributed by atoms with Crippen LogP contribution in [0.5, 0.6) is 6.01 Å². The first-order valence-electron chi connectivity index (χ1n) is 16.8. The van der Waals surface area contributed by atoms with Gasteiger partial charge in [-0.15, -0.1) is 0 Å². The Morgan fingerprint density at radius 3 is 2.55 bits per heavy atom. The van der Waals surface area contributed by atoms with Gasteiger partial charge in [0, 0.05) is 75.6 Å². The number of amides is 2. The quantitative estimate of drug-likeness (QED) is 0.327. The van der Waals surface area contributed by atoms with E-state index in [-0.39, 0.29) is 23.4 Å². The molecule has 1 atom stereocenters. The third-order valence-electron chi connectivity index (χ3n) is 10.6. The van der Waals surface area contributed by atoms with Gasteiger partial charge in [-0.1, -0.05) is 35.9 Å². The maximum absolute atomic E-state index is 12.9. The van der Waals surface area contributed by atoms with Gasteiger partial charge in [-0.25, -0.2) is 0 Å². The van der Waals surface area contributed by atoms with Crippen LogP contribution in [0.4, 0.5) is 11.5 Å². The van der Waals surface area contributed by atoms with Gasteiger partial charge < -0.3 is 24.3 Å². The highest BCUT2D eigenvalue weighted by atomic mass is 35.5. The van der Waals surface area contributed by atoms with Crippen LogP contribution in [0.25, 0.3) is 10.8 Å². The van der Waals surface area contributed by atoms with Crippen molar-refractivity contribution in [2.75, 3.05) is 70.3 Å². The van der Waals surface area contributed by atoms with Crippen molar-refractivity contribution in [2.45, 2.75) is 56.7 Å². The predicted octanol–water partition coefficient (Wildman–Crippen LogP) is 4.53. The normalized spacial score (nSPS) is 20.6. The average Bonchev–Trinajstić information content (AvgIpc) is 3.82. The topological polar surface area (TPSA) is 85.3 Å². The van der Waals surface area contributed by atoms with Gasteiger partial charge in [0.05, 0.1) is 22.8 Å². The summed E-state index contributed by atoms with van der Waals surface area (Å²) in [6.07, 6.45) is 9.03. The summed E-state index contributed by atoms with van der Waals surface area (Å²) in [6.45, 7) is 5.49. The highest BCUT2D eigenvalue weighted by Gasteiger charge is 2.45. The Bertz CT molecular complexity index is 1700. The number of carbonyl (C=O) groups is 2. The van der Waals surface area contributed by atoms with Gasteiger partial charge in [-0.05, 0) is 69.1 Å². The third-order valence-corrected chi connectivity index (χ3v) is 11.0. The number of halogens is 1. The molecule has 0 radical (unpaired) electrons. The number of ether oxygens (including phenoxy) is 1. The number of carbonyl (C=O) groups excluding carboxylic acids is 2. The maximum Gasteiger partial charge on any atom is 0.318 e. The van der Waals surface area contributed by atoms with Gasteiger partial charge in [0.1, 0.15) is 12.4 Å². The minimum Gasteiger partial charge on any atom is -0.461 e. The standard InChI is InChI=1S/C36H44ClN7O3/c1-40(2)31(45)12-13-32(46)43-20-14-26(22-43)41(3)34-27-15-21-42(30-11-5-9-25-8-4-10-28(37)33(25)30)23-29(27)38-35(39-34)47-24-36-16-6-18-44(36)19-7-17-36/h4-5,8-13,26H,6-7,14-24H2,1-3H3/b13-12+/t26-/m1/s1. The van der Waals surface area contributed by atoms with Crippen LogP contribution < -0.4 is 14.5 Å². The Morgan fingerprint density at radius 1 is 1.02 bits per heavy atom. The summed E-state index contributed by atoms with van der Waals surface area (Å²) in [5.41, 5.74) is 3.29. The molecule has 1 aromatic heterocycles. The van der Waals surface area contributed by atoms with Crippen molar-refractivity contribution in [1.29, 1.82) is 0 Å².